The fourth-order valence-corrected chi connectivity index (χ4v) is 4.54. The molecule has 0 spiro atoms. The average molecular weight is 486 g/mol. The highest BCUT2D eigenvalue weighted by atomic mass is 35.5. The van der Waals surface area contributed by atoms with Crippen molar-refractivity contribution in [2.45, 2.75) is 46.1 Å². The van der Waals surface area contributed by atoms with Gasteiger partial charge in [-0.05, 0) is 31.4 Å². The average Bonchev–Trinajstić information content (AvgIpc) is 3.22. The monoisotopic (exact) mass is 485 g/mol. The van der Waals surface area contributed by atoms with Gasteiger partial charge >= 0.3 is 0 Å². The van der Waals surface area contributed by atoms with E-state index in [0.29, 0.717) is 36.9 Å². The van der Waals surface area contributed by atoms with E-state index in [1.165, 1.54) is 0 Å². The molecule has 11 heteroatoms. The number of aromatic nitrogens is 5. The molecule has 4 rings (SSSR count). The second-order valence-electron chi connectivity index (χ2n) is 8.80. The number of nitrogens with zero attached hydrogens (tertiary/aromatic N) is 7. The number of nitrogen functional groups attached to an aromatic ring is 1. The number of fused-ring (bicyclic) bond motifs is 1. The molecule has 1 aliphatic heterocycles. The van der Waals surface area contributed by atoms with E-state index in [9.17, 15) is 4.79 Å². The van der Waals surface area contributed by atoms with Gasteiger partial charge in [0.1, 0.15) is 11.7 Å². The maximum Gasteiger partial charge on any atom is 0.243 e. The number of halogens is 1. The minimum Gasteiger partial charge on any atom is -0.380 e. The molecular weight excluding hydrogens is 454 g/mol. The molecule has 4 heterocycles. The minimum absolute atomic E-state index is 0.0167. The molecule has 0 saturated carbocycles. The Bertz CT molecular complexity index is 1160. The molecular formula is C23H32ClN9O. The molecule has 3 N–H and O–H groups in total. The molecule has 1 amide bonds. The van der Waals surface area contributed by atoms with Crippen LogP contribution in [0.5, 0.6) is 0 Å². The fourth-order valence-electron chi connectivity index (χ4n) is 4.37. The molecule has 0 unspecified atom stereocenters. The SMILES string of the molecule is CCC[C@H](C)Nc1nc(N)c2ncc(Cc3cnc(N4CCN(C(=O)CCl)CC4)c(C)c3)n2n1. The van der Waals surface area contributed by atoms with Crippen LogP contribution >= 0.6 is 11.6 Å². The normalized spacial score (nSPS) is 15.1. The number of rotatable bonds is 8. The van der Waals surface area contributed by atoms with Crippen molar-refractivity contribution in [1.29, 1.82) is 0 Å². The van der Waals surface area contributed by atoms with E-state index in [2.05, 4.69) is 52.1 Å². The summed E-state index contributed by atoms with van der Waals surface area (Å²) in [7, 11) is 0. The summed E-state index contributed by atoms with van der Waals surface area (Å²) in [5.41, 5.74) is 9.77. The smallest absolute Gasteiger partial charge is 0.243 e. The standard InChI is InChI=1S/C23H32ClN9O/c1-4-5-16(3)28-23-29-20(25)22-27-14-18(33(22)30-23)11-17-10-15(2)21(26-13-17)32-8-6-31(7-9-32)19(34)12-24/h10,13-14,16H,4-9,11-12H2,1-3H3,(H3,25,28,29,30)/t16-/m0/s1. The van der Waals surface area contributed by atoms with Crippen LogP contribution < -0.4 is 16.0 Å². The lowest BCUT2D eigenvalue weighted by Crippen LogP contribution is -2.49. The van der Waals surface area contributed by atoms with Gasteiger partial charge in [-0.25, -0.2) is 14.5 Å². The topological polar surface area (TPSA) is 118 Å². The van der Waals surface area contributed by atoms with Crippen LogP contribution in [-0.2, 0) is 11.2 Å². The number of piperazine rings is 1. The summed E-state index contributed by atoms with van der Waals surface area (Å²) in [5.74, 6) is 1.81. The summed E-state index contributed by atoms with van der Waals surface area (Å²) in [6, 6.07) is 2.40. The van der Waals surface area contributed by atoms with E-state index in [0.717, 1.165) is 48.6 Å². The molecule has 1 saturated heterocycles. The first-order valence-corrected chi connectivity index (χ1v) is 12.2. The number of carbonyl (C=O) groups excluding carboxylic acids is 1. The van der Waals surface area contributed by atoms with E-state index in [1.54, 1.807) is 15.6 Å². The lowest BCUT2D eigenvalue weighted by molar-refractivity contribution is -0.128. The summed E-state index contributed by atoms with van der Waals surface area (Å²) in [6.45, 7) is 9.11. The van der Waals surface area contributed by atoms with Crippen LogP contribution in [0.25, 0.3) is 5.65 Å². The summed E-state index contributed by atoms with van der Waals surface area (Å²) < 4.78 is 1.76. The first-order chi connectivity index (χ1) is 16.4. The van der Waals surface area contributed by atoms with Crippen molar-refractivity contribution < 1.29 is 4.79 Å². The fraction of sp³-hybridized carbons (Fsp3) is 0.522. The van der Waals surface area contributed by atoms with Crippen molar-refractivity contribution in [3.05, 3.63) is 35.3 Å². The highest BCUT2D eigenvalue weighted by Crippen LogP contribution is 2.22. The van der Waals surface area contributed by atoms with Gasteiger partial charge < -0.3 is 20.9 Å². The molecule has 3 aromatic heterocycles. The number of hydrogen-bond acceptors (Lipinski definition) is 8. The van der Waals surface area contributed by atoms with Crippen LogP contribution in [0, 0.1) is 6.92 Å². The minimum atomic E-state index is -0.0167. The van der Waals surface area contributed by atoms with Gasteiger partial charge in [0.05, 0.1) is 11.9 Å². The van der Waals surface area contributed by atoms with Crippen LogP contribution in [0.4, 0.5) is 17.6 Å². The Morgan fingerprint density at radius 2 is 2.00 bits per heavy atom. The molecule has 182 valence electrons. The molecule has 1 fully saturated rings. The highest BCUT2D eigenvalue weighted by molar-refractivity contribution is 6.27. The molecule has 1 aliphatic rings. The van der Waals surface area contributed by atoms with E-state index in [1.807, 2.05) is 6.20 Å². The molecule has 0 radical (unpaired) electrons. The molecule has 34 heavy (non-hydrogen) atoms. The molecule has 0 bridgehead atoms. The third-order valence-corrected chi connectivity index (χ3v) is 6.32. The largest absolute Gasteiger partial charge is 0.380 e. The van der Waals surface area contributed by atoms with Gasteiger partial charge in [-0.3, -0.25) is 4.79 Å². The number of hydrogen-bond donors (Lipinski definition) is 2. The van der Waals surface area contributed by atoms with Crippen molar-refractivity contribution >= 4 is 40.7 Å². The third-order valence-electron chi connectivity index (χ3n) is 6.09. The van der Waals surface area contributed by atoms with E-state index >= 15 is 0 Å². The number of imidazole rings is 1. The summed E-state index contributed by atoms with van der Waals surface area (Å²) in [5, 5.41) is 7.96. The highest BCUT2D eigenvalue weighted by Gasteiger charge is 2.22. The predicted molar refractivity (Wildman–Crippen MR) is 134 cm³/mol. The molecule has 0 aliphatic carbocycles. The van der Waals surface area contributed by atoms with Crippen molar-refractivity contribution in [1.82, 2.24) is 29.5 Å². The maximum absolute atomic E-state index is 11.8. The molecule has 1 atom stereocenters. The zero-order valence-corrected chi connectivity index (χ0v) is 20.7. The first-order valence-electron chi connectivity index (χ1n) is 11.7. The van der Waals surface area contributed by atoms with Gasteiger partial charge in [0.2, 0.25) is 11.9 Å². The van der Waals surface area contributed by atoms with E-state index in [4.69, 9.17) is 22.3 Å². The van der Waals surface area contributed by atoms with Gasteiger partial charge in [-0.1, -0.05) is 19.4 Å². The maximum atomic E-state index is 11.8. The molecule has 10 nitrogen and oxygen atoms in total. The number of carbonyl (C=O) groups is 1. The van der Waals surface area contributed by atoms with Gasteiger partial charge in [-0.2, -0.15) is 4.98 Å². The van der Waals surface area contributed by atoms with Crippen molar-refractivity contribution in [2.24, 2.45) is 0 Å². The molecule has 3 aromatic rings. The van der Waals surface area contributed by atoms with Crippen LogP contribution in [0.1, 0.15) is 43.5 Å². The third kappa shape index (κ3) is 5.16. The number of amides is 1. The number of alkyl halides is 1. The Hall–Kier alpha value is -3.14. The zero-order valence-electron chi connectivity index (χ0n) is 20.0. The lowest BCUT2D eigenvalue weighted by atomic mass is 10.1. The number of nitrogens with one attached hydrogen (secondary N) is 1. The quantitative estimate of drug-likeness (QED) is 0.467. The molecule has 0 aromatic carbocycles. The summed E-state index contributed by atoms with van der Waals surface area (Å²) in [4.78, 5) is 29.4. The Morgan fingerprint density at radius 3 is 2.68 bits per heavy atom. The number of anilines is 3. The zero-order chi connectivity index (χ0) is 24.2. The Morgan fingerprint density at radius 1 is 1.24 bits per heavy atom. The Labute approximate surface area is 204 Å². The van der Waals surface area contributed by atoms with Crippen LogP contribution in [0.2, 0.25) is 0 Å². The van der Waals surface area contributed by atoms with E-state index < -0.39 is 0 Å². The van der Waals surface area contributed by atoms with Crippen molar-refractivity contribution in [3.63, 3.8) is 0 Å². The predicted octanol–water partition coefficient (Wildman–Crippen LogP) is 2.49. The number of aryl methyl sites for hydroxylation is 1. The summed E-state index contributed by atoms with van der Waals surface area (Å²) >= 11 is 5.69. The number of pyridine rings is 1. The van der Waals surface area contributed by atoms with Crippen LogP contribution in [-0.4, -0.2) is 73.5 Å². The lowest BCUT2D eigenvalue weighted by Gasteiger charge is -2.35. The summed E-state index contributed by atoms with van der Waals surface area (Å²) in [6.07, 6.45) is 6.40. The van der Waals surface area contributed by atoms with Crippen molar-refractivity contribution in [2.75, 3.05) is 48.0 Å². The van der Waals surface area contributed by atoms with Gasteiger partial charge in [0.15, 0.2) is 11.5 Å². The van der Waals surface area contributed by atoms with Crippen LogP contribution in [0.3, 0.4) is 0 Å². The van der Waals surface area contributed by atoms with E-state index in [-0.39, 0.29) is 17.8 Å². The van der Waals surface area contributed by atoms with Gasteiger partial charge in [0.25, 0.3) is 0 Å². The number of nitrogens with two attached hydrogens (primary N) is 1. The van der Waals surface area contributed by atoms with Crippen molar-refractivity contribution in [3.8, 4) is 0 Å². The van der Waals surface area contributed by atoms with Crippen LogP contribution in [0.15, 0.2) is 18.5 Å². The second kappa shape index (κ2) is 10.4. The first kappa shape index (κ1) is 24.0. The van der Waals surface area contributed by atoms with Gasteiger partial charge in [0, 0.05) is 44.8 Å². The Kier molecular flexibility index (Phi) is 7.35. The Balaban J connectivity index is 1.50. The van der Waals surface area contributed by atoms with Gasteiger partial charge in [-0.15, -0.1) is 16.7 Å². The second-order valence-corrected chi connectivity index (χ2v) is 9.07.